The molecular weight excluding hydrogens is 634 g/mol. The molecule has 17 heteroatoms. The van der Waals surface area contributed by atoms with Crippen LogP contribution < -0.4 is 31.9 Å². The third-order valence-electron chi connectivity index (χ3n) is 6.15. The van der Waals surface area contributed by atoms with E-state index in [-0.39, 0.29) is 18.7 Å². The van der Waals surface area contributed by atoms with Gasteiger partial charge in [0.2, 0.25) is 29.5 Å². The number of benzene rings is 1. The van der Waals surface area contributed by atoms with E-state index in [2.05, 4.69) is 36.9 Å². The molecule has 2 aromatic rings. The number of aromatic hydroxyl groups is 1. The topological polar surface area (TPSA) is 234 Å². The predicted molar refractivity (Wildman–Crippen MR) is 171 cm³/mol. The van der Waals surface area contributed by atoms with Crippen molar-refractivity contribution < 1.29 is 43.4 Å². The van der Waals surface area contributed by atoms with Gasteiger partial charge in [-0.05, 0) is 59.2 Å². The maximum atomic E-state index is 13.0. The molecule has 0 aliphatic carbocycles. The van der Waals surface area contributed by atoms with Crippen LogP contribution in [-0.2, 0) is 39.9 Å². The lowest BCUT2D eigenvalue weighted by Crippen LogP contribution is -2.57. The number of esters is 1. The second-order valence-corrected chi connectivity index (χ2v) is 12.6. The van der Waals surface area contributed by atoms with Gasteiger partial charge in [0.25, 0.3) is 0 Å². The van der Waals surface area contributed by atoms with Crippen molar-refractivity contribution in [3.63, 3.8) is 0 Å². The number of hydrogen-bond acceptors (Lipinski definition) is 12. The molecule has 4 atom stereocenters. The lowest BCUT2D eigenvalue weighted by atomic mass is 10.0. The van der Waals surface area contributed by atoms with Crippen molar-refractivity contribution >= 4 is 58.3 Å². The summed E-state index contributed by atoms with van der Waals surface area (Å²) in [5.41, 5.74) is -0.165. The molecule has 0 saturated heterocycles. The van der Waals surface area contributed by atoms with E-state index in [4.69, 9.17) is 4.74 Å². The molecule has 1 heterocycles. The van der Waals surface area contributed by atoms with Gasteiger partial charge in [-0.3, -0.25) is 33.6 Å². The molecule has 0 aliphatic heterocycles. The van der Waals surface area contributed by atoms with Crippen LogP contribution >= 0.6 is 11.3 Å². The number of rotatable bonds is 16. The molecule has 0 radical (unpaired) electrons. The molecule has 0 unspecified atom stereocenters. The Morgan fingerprint density at radius 3 is 1.94 bits per heavy atom. The number of carbonyl (C=O) groups is 7. The van der Waals surface area contributed by atoms with Crippen molar-refractivity contribution in [2.45, 2.75) is 77.7 Å². The Bertz CT molecular complexity index is 1440. The van der Waals surface area contributed by atoms with Gasteiger partial charge in [0.15, 0.2) is 11.4 Å². The number of thiazole rings is 1. The maximum Gasteiger partial charge on any atom is 0.325 e. The van der Waals surface area contributed by atoms with E-state index < -0.39 is 71.8 Å². The summed E-state index contributed by atoms with van der Waals surface area (Å²) in [4.78, 5) is 90.8. The van der Waals surface area contributed by atoms with Crippen LogP contribution in [0.2, 0.25) is 0 Å². The Labute approximate surface area is 275 Å². The van der Waals surface area contributed by atoms with E-state index in [1.54, 1.807) is 32.9 Å². The van der Waals surface area contributed by atoms with E-state index in [0.29, 0.717) is 21.9 Å². The standard InChI is InChI=1S/C30H41N7O9S/c1-16(34-23(40)13-33-29-32-12-21(15-38)47-29)25(42)35-17(2)26(43)36-18(3)27(44)37-22(11-19-7-9-20(39)10-8-19)28(45)31-14-24(41)46-30(4,5)6/h7-10,12,15-18,22,39H,11,13-14H2,1-6H3,(H,31,45)(H,32,33)(H,34,40)(H,35,42)(H,36,43)(H,37,44)/t16-,17-,18-,22-/m0/s1. The van der Waals surface area contributed by atoms with Crippen LogP contribution in [0.15, 0.2) is 30.5 Å². The van der Waals surface area contributed by atoms with E-state index in [9.17, 15) is 38.7 Å². The highest BCUT2D eigenvalue weighted by Crippen LogP contribution is 2.15. The molecule has 2 rings (SSSR count). The largest absolute Gasteiger partial charge is 0.508 e. The summed E-state index contributed by atoms with van der Waals surface area (Å²) < 4.78 is 5.20. The van der Waals surface area contributed by atoms with Crippen LogP contribution in [0.4, 0.5) is 5.13 Å². The van der Waals surface area contributed by atoms with Crippen LogP contribution in [0.3, 0.4) is 0 Å². The number of aromatic nitrogens is 1. The van der Waals surface area contributed by atoms with Gasteiger partial charge in [0.05, 0.1) is 17.6 Å². The molecule has 0 spiro atoms. The summed E-state index contributed by atoms with van der Waals surface area (Å²) in [6.07, 6.45) is 1.99. The summed E-state index contributed by atoms with van der Waals surface area (Å²) >= 11 is 1.06. The highest BCUT2D eigenvalue weighted by molar-refractivity contribution is 7.17. The first-order valence-corrected chi connectivity index (χ1v) is 15.4. The average Bonchev–Trinajstić information content (AvgIpc) is 3.46. The van der Waals surface area contributed by atoms with Gasteiger partial charge in [-0.1, -0.05) is 23.5 Å². The number of ether oxygens (including phenoxy) is 1. The highest BCUT2D eigenvalue weighted by Gasteiger charge is 2.28. The number of anilines is 1. The summed E-state index contributed by atoms with van der Waals surface area (Å²) in [5, 5.41) is 25.1. The minimum Gasteiger partial charge on any atom is -0.508 e. The quantitative estimate of drug-likeness (QED) is 0.0907. The monoisotopic (exact) mass is 675 g/mol. The van der Waals surface area contributed by atoms with E-state index in [1.807, 2.05) is 0 Å². The van der Waals surface area contributed by atoms with Gasteiger partial charge in [-0.25, -0.2) is 4.98 Å². The Kier molecular flexibility index (Phi) is 14.3. The van der Waals surface area contributed by atoms with Crippen LogP contribution in [-0.4, -0.2) is 94.7 Å². The lowest BCUT2D eigenvalue weighted by Gasteiger charge is -2.23. The number of phenolic OH excluding ortho intramolecular Hbond substituents is 1. The Morgan fingerprint density at radius 1 is 0.851 bits per heavy atom. The SMILES string of the molecule is C[C@H](NC(=O)CNc1ncc(C=O)s1)C(=O)N[C@@H](C)C(=O)N[C@@H](C)C(=O)N[C@@H](Cc1ccc(O)cc1)C(=O)NCC(=O)OC(C)(C)C. The number of nitrogens with zero attached hydrogens (tertiary/aromatic N) is 1. The van der Waals surface area contributed by atoms with E-state index in [0.717, 1.165) is 11.3 Å². The molecule has 0 aliphatic rings. The zero-order valence-electron chi connectivity index (χ0n) is 27.0. The second-order valence-electron chi connectivity index (χ2n) is 11.5. The van der Waals surface area contributed by atoms with Crippen LogP contribution in [0, 0.1) is 0 Å². The van der Waals surface area contributed by atoms with Gasteiger partial charge in [-0.2, -0.15) is 0 Å². The zero-order valence-corrected chi connectivity index (χ0v) is 27.8. The van der Waals surface area contributed by atoms with Crippen LogP contribution in [0.1, 0.15) is 56.8 Å². The fraction of sp³-hybridized carbons (Fsp3) is 0.467. The molecule has 0 saturated carbocycles. The van der Waals surface area contributed by atoms with Crippen LogP contribution in [0.5, 0.6) is 5.75 Å². The number of phenols is 1. The summed E-state index contributed by atoms with van der Waals surface area (Å²) in [5.74, 6) is -3.97. The number of amides is 5. The first-order chi connectivity index (χ1) is 22.0. The molecule has 0 fully saturated rings. The first kappa shape index (κ1) is 38.1. The summed E-state index contributed by atoms with van der Waals surface area (Å²) in [7, 11) is 0. The molecule has 256 valence electrons. The summed E-state index contributed by atoms with van der Waals surface area (Å²) in [6.45, 7) is 8.58. The van der Waals surface area contributed by atoms with Gasteiger partial charge in [-0.15, -0.1) is 0 Å². The Hall–Kier alpha value is -5.06. The molecule has 47 heavy (non-hydrogen) atoms. The van der Waals surface area contributed by atoms with Crippen molar-refractivity contribution in [2.24, 2.45) is 0 Å². The predicted octanol–water partition coefficient (Wildman–Crippen LogP) is -0.227. The average molecular weight is 676 g/mol. The van der Waals surface area contributed by atoms with Crippen molar-refractivity contribution in [1.82, 2.24) is 31.6 Å². The number of nitrogens with one attached hydrogen (secondary N) is 6. The normalized spacial score (nSPS) is 13.5. The van der Waals surface area contributed by atoms with Gasteiger partial charge in [0, 0.05) is 6.42 Å². The van der Waals surface area contributed by atoms with Gasteiger partial charge < -0.3 is 41.7 Å². The molecule has 1 aromatic heterocycles. The fourth-order valence-corrected chi connectivity index (χ4v) is 4.40. The third-order valence-corrected chi connectivity index (χ3v) is 7.03. The lowest BCUT2D eigenvalue weighted by molar-refractivity contribution is -0.154. The molecule has 1 aromatic carbocycles. The zero-order chi connectivity index (χ0) is 35.3. The second kappa shape index (κ2) is 17.6. The molecular formula is C30H41N7O9S. The number of carbonyl (C=O) groups excluding carboxylic acids is 7. The van der Waals surface area contributed by atoms with E-state index in [1.165, 1.54) is 39.1 Å². The Balaban J connectivity index is 1.91. The summed E-state index contributed by atoms with van der Waals surface area (Å²) in [6, 6.07) is 1.56. The highest BCUT2D eigenvalue weighted by atomic mass is 32.1. The van der Waals surface area contributed by atoms with Crippen molar-refractivity contribution in [1.29, 1.82) is 0 Å². The maximum absolute atomic E-state index is 13.0. The Morgan fingerprint density at radius 2 is 1.40 bits per heavy atom. The first-order valence-electron chi connectivity index (χ1n) is 14.6. The van der Waals surface area contributed by atoms with Crippen molar-refractivity contribution in [3.05, 3.63) is 40.9 Å². The molecule has 7 N–H and O–H groups in total. The van der Waals surface area contributed by atoms with Gasteiger partial charge >= 0.3 is 5.97 Å². The van der Waals surface area contributed by atoms with Crippen molar-refractivity contribution in [2.75, 3.05) is 18.4 Å². The minimum atomic E-state index is -1.16. The number of aldehydes is 1. The van der Waals surface area contributed by atoms with Gasteiger partial charge in [0.1, 0.15) is 42.1 Å². The van der Waals surface area contributed by atoms with Crippen LogP contribution in [0.25, 0.3) is 0 Å². The van der Waals surface area contributed by atoms with E-state index >= 15 is 0 Å². The minimum absolute atomic E-state index is 0.00203. The molecule has 16 nitrogen and oxygen atoms in total. The molecule has 5 amide bonds. The smallest absolute Gasteiger partial charge is 0.325 e. The fourth-order valence-electron chi connectivity index (χ4n) is 3.78. The number of hydrogen-bond donors (Lipinski definition) is 7. The third kappa shape index (κ3) is 13.9. The molecule has 0 bridgehead atoms. The van der Waals surface area contributed by atoms with Crippen molar-refractivity contribution in [3.8, 4) is 5.75 Å².